The predicted molar refractivity (Wildman–Crippen MR) is 74.0 cm³/mol. The molecule has 90 valence electrons. The second-order valence-corrected chi connectivity index (χ2v) is 5.49. The van der Waals surface area contributed by atoms with Gasteiger partial charge < -0.3 is 10.5 Å². The fraction of sp³-hybridized carbons (Fsp3) is 0.500. The Morgan fingerprint density at radius 3 is 2.62 bits per heavy atom. The van der Waals surface area contributed by atoms with Gasteiger partial charge in [-0.05, 0) is 37.6 Å². The molecular formula is C12H18BrNOS. The molecule has 0 fully saturated rings. The average molecular weight is 304 g/mol. The molecule has 0 saturated carbocycles. The SMILES string of the molecule is CCOC(CN)CCSc1ccc(Br)cc1. The molecule has 0 aliphatic carbocycles. The molecule has 1 unspecified atom stereocenters. The monoisotopic (exact) mass is 303 g/mol. The van der Waals surface area contributed by atoms with E-state index >= 15 is 0 Å². The van der Waals surface area contributed by atoms with E-state index in [2.05, 4.69) is 40.2 Å². The van der Waals surface area contributed by atoms with Gasteiger partial charge in [-0.15, -0.1) is 11.8 Å². The maximum atomic E-state index is 5.62. The first-order valence-electron chi connectivity index (χ1n) is 5.46. The van der Waals surface area contributed by atoms with Gasteiger partial charge in [-0.1, -0.05) is 15.9 Å². The third-order valence-electron chi connectivity index (χ3n) is 2.19. The second-order valence-electron chi connectivity index (χ2n) is 3.40. The van der Waals surface area contributed by atoms with Crippen molar-refractivity contribution < 1.29 is 4.74 Å². The van der Waals surface area contributed by atoms with Crippen molar-refractivity contribution in [3.05, 3.63) is 28.7 Å². The number of nitrogens with two attached hydrogens (primary N) is 1. The number of hydrogen-bond acceptors (Lipinski definition) is 3. The summed E-state index contributed by atoms with van der Waals surface area (Å²) in [6.45, 7) is 3.35. The highest BCUT2D eigenvalue weighted by Gasteiger charge is 2.05. The van der Waals surface area contributed by atoms with E-state index in [-0.39, 0.29) is 6.10 Å². The Hall–Kier alpha value is -0.0300. The Morgan fingerprint density at radius 2 is 2.06 bits per heavy atom. The lowest BCUT2D eigenvalue weighted by Gasteiger charge is -2.14. The lowest BCUT2D eigenvalue weighted by Crippen LogP contribution is -2.24. The van der Waals surface area contributed by atoms with Gasteiger partial charge in [0.05, 0.1) is 6.10 Å². The second kappa shape index (κ2) is 8.12. The van der Waals surface area contributed by atoms with Crippen LogP contribution < -0.4 is 5.73 Å². The first kappa shape index (κ1) is 14.0. The third kappa shape index (κ3) is 5.34. The van der Waals surface area contributed by atoms with Crippen LogP contribution >= 0.6 is 27.7 Å². The largest absolute Gasteiger partial charge is 0.377 e. The summed E-state index contributed by atoms with van der Waals surface area (Å²) in [5.41, 5.74) is 5.62. The van der Waals surface area contributed by atoms with Gasteiger partial charge in [-0.25, -0.2) is 0 Å². The quantitative estimate of drug-likeness (QED) is 0.785. The standard InChI is InChI=1S/C12H18BrNOS/c1-2-15-11(9-14)7-8-16-12-5-3-10(13)4-6-12/h3-6,11H,2,7-9,14H2,1H3. The van der Waals surface area contributed by atoms with Crippen molar-refractivity contribution in [2.45, 2.75) is 24.3 Å². The highest BCUT2D eigenvalue weighted by Crippen LogP contribution is 2.21. The fourth-order valence-corrected chi connectivity index (χ4v) is 2.55. The minimum atomic E-state index is 0.202. The van der Waals surface area contributed by atoms with E-state index in [9.17, 15) is 0 Å². The first-order chi connectivity index (χ1) is 7.76. The summed E-state index contributed by atoms with van der Waals surface area (Å²) < 4.78 is 6.62. The molecule has 2 N–H and O–H groups in total. The summed E-state index contributed by atoms with van der Waals surface area (Å²) in [6, 6.07) is 8.36. The Bertz CT molecular complexity index is 292. The van der Waals surface area contributed by atoms with E-state index in [4.69, 9.17) is 10.5 Å². The summed E-state index contributed by atoms with van der Waals surface area (Å²) in [4.78, 5) is 1.29. The van der Waals surface area contributed by atoms with Crippen molar-refractivity contribution in [1.82, 2.24) is 0 Å². The van der Waals surface area contributed by atoms with Gasteiger partial charge >= 0.3 is 0 Å². The molecule has 1 atom stereocenters. The van der Waals surface area contributed by atoms with E-state index in [1.165, 1.54) is 4.90 Å². The Kier molecular flexibility index (Phi) is 7.12. The minimum Gasteiger partial charge on any atom is -0.377 e. The number of hydrogen-bond donors (Lipinski definition) is 1. The van der Waals surface area contributed by atoms with Gasteiger partial charge in [0.1, 0.15) is 0 Å². The van der Waals surface area contributed by atoms with Crippen LogP contribution in [0.4, 0.5) is 0 Å². The van der Waals surface area contributed by atoms with Crippen LogP contribution in [-0.2, 0) is 4.74 Å². The summed E-state index contributed by atoms with van der Waals surface area (Å²) in [5, 5.41) is 0. The van der Waals surface area contributed by atoms with Crippen LogP contribution in [0.15, 0.2) is 33.6 Å². The Morgan fingerprint density at radius 1 is 1.38 bits per heavy atom. The van der Waals surface area contributed by atoms with Crippen LogP contribution in [0.3, 0.4) is 0 Å². The molecule has 0 aromatic heterocycles. The first-order valence-corrected chi connectivity index (χ1v) is 7.24. The smallest absolute Gasteiger partial charge is 0.0705 e. The summed E-state index contributed by atoms with van der Waals surface area (Å²) in [6.07, 6.45) is 1.21. The topological polar surface area (TPSA) is 35.2 Å². The van der Waals surface area contributed by atoms with Gasteiger partial charge in [0.25, 0.3) is 0 Å². The van der Waals surface area contributed by atoms with Crippen molar-refractivity contribution in [2.75, 3.05) is 18.9 Å². The predicted octanol–water partition coefficient (Wildman–Crippen LogP) is 3.30. The zero-order valence-electron chi connectivity index (χ0n) is 9.49. The molecule has 0 bridgehead atoms. The lowest BCUT2D eigenvalue weighted by molar-refractivity contribution is 0.0674. The number of thioether (sulfide) groups is 1. The minimum absolute atomic E-state index is 0.202. The van der Waals surface area contributed by atoms with Crippen LogP contribution in [0, 0.1) is 0 Å². The van der Waals surface area contributed by atoms with Gasteiger partial charge in [0, 0.05) is 28.3 Å². The summed E-state index contributed by atoms with van der Waals surface area (Å²) in [5.74, 6) is 1.05. The van der Waals surface area contributed by atoms with E-state index in [0.29, 0.717) is 6.54 Å². The molecule has 1 aromatic rings. The van der Waals surface area contributed by atoms with Crippen LogP contribution in [0.25, 0.3) is 0 Å². The molecule has 4 heteroatoms. The summed E-state index contributed by atoms with van der Waals surface area (Å²) in [7, 11) is 0. The van der Waals surface area contributed by atoms with E-state index < -0.39 is 0 Å². The van der Waals surface area contributed by atoms with Gasteiger partial charge in [0.2, 0.25) is 0 Å². The molecule has 2 nitrogen and oxygen atoms in total. The van der Waals surface area contributed by atoms with Crippen LogP contribution in [0.5, 0.6) is 0 Å². The van der Waals surface area contributed by atoms with Crippen molar-refractivity contribution in [3.63, 3.8) is 0 Å². The van der Waals surface area contributed by atoms with E-state index in [1.807, 2.05) is 18.7 Å². The fourth-order valence-electron chi connectivity index (χ4n) is 1.34. The zero-order valence-corrected chi connectivity index (χ0v) is 11.9. The molecule has 16 heavy (non-hydrogen) atoms. The highest BCUT2D eigenvalue weighted by atomic mass is 79.9. The number of ether oxygens (including phenoxy) is 1. The van der Waals surface area contributed by atoms with Gasteiger partial charge in [0.15, 0.2) is 0 Å². The average Bonchev–Trinajstić information content (AvgIpc) is 2.30. The van der Waals surface area contributed by atoms with Crippen LogP contribution in [-0.4, -0.2) is 25.0 Å². The normalized spacial score (nSPS) is 12.7. The lowest BCUT2D eigenvalue weighted by atomic mass is 10.3. The highest BCUT2D eigenvalue weighted by molar-refractivity contribution is 9.10. The maximum absolute atomic E-state index is 5.62. The van der Waals surface area contributed by atoms with Crippen molar-refractivity contribution in [2.24, 2.45) is 5.73 Å². The molecule has 1 rings (SSSR count). The molecule has 0 radical (unpaired) electrons. The number of halogens is 1. The molecule has 0 aliphatic heterocycles. The zero-order chi connectivity index (χ0) is 11.8. The van der Waals surface area contributed by atoms with Crippen molar-refractivity contribution in [1.29, 1.82) is 0 Å². The number of rotatable bonds is 7. The molecule has 0 amide bonds. The van der Waals surface area contributed by atoms with E-state index in [1.54, 1.807) is 0 Å². The Labute approximate surface area is 110 Å². The summed E-state index contributed by atoms with van der Waals surface area (Å²) >= 11 is 5.27. The van der Waals surface area contributed by atoms with Crippen molar-refractivity contribution in [3.8, 4) is 0 Å². The molecular weight excluding hydrogens is 286 g/mol. The number of benzene rings is 1. The van der Waals surface area contributed by atoms with Crippen LogP contribution in [0.1, 0.15) is 13.3 Å². The Balaban J connectivity index is 2.26. The van der Waals surface area contributed by atoms with E-state index in [0.717, 1.165) is 23.3 Å². The van der Waals surface area contributed by atoms with Crippen molar-refractivity contribution >= 4 is 27.7 Å². The van der Waals surface area contributed by atoms with Gasteiger partial charge in [-0.3, -0.25) is 0 Å². The molecule has 0 heterocycles. The molecule has 1 aromatic carbocycles. The third-order valence-corrected chi connectivity index (χ3v) is 3.76. The van der Waals surface area contributed by atoms with Crippen LogP contribution in [0.2, 0.25) is 0 Å². The maximum Gasteiger partial charge on any atom is 0.0705 e. The van der Waals surface area contributed by atoms with Gasteiger partial charge in [-0.2, -0.15) is 0 Å². The molecule has 0 spiro atoms. The molecule has 0 saturated heterocycles. The molecule has 0 aliphatic rings.